The van der Waals surface area contributed by atoms with E-state index in [-0.39, 0.29) is 36.8 Å². The Balaban J connectivity index is 1.35. The molecule has 0 atom stereocenters. The third kappa shape index (κ3) is 11.3. The average Bonchev–Trinajstić information content (AvgIpc) is 3.33. The number of benzene rings is 1. The van der Waals surface area contributed by atoms with Gasteiger partial charge in [0.05, 0.1) is 19.8 Å². The molecule has 0 bridgehead atoms. The molecule has 258 valence electrons. The minimum atomic E-state index is -0.651. The molecule has 0 radical (unpaired) electrons. The predicted octanol–water partition coefficient (Wildman–Crippen LogP) is 5.82. The van der Waals surface area contributed by atoms with Crippen LogP contribution in [-0.2, 0) is 22.6 Å². The molecule has 0 saturated carbocycles. The molecule has 1 aliphatic heterocycles. The van der Waals surface area contributed by atoms with Gasteiger partial charge >= 0.3 is 23.9 Å². The number of amides is 2. The first-order valence-corrected chi connectivity index (χ1v) is 16.9. The zero-order chi connectivity index (χ0) is 33.8. The number of fused-ring (bicyclic) bond motifs is 1. The molecule has 1 fully saturated rings. The highest BCUT2D eigenvalue weighted by Crippen LogP contribution is 2.24. The Kier molecular flexibility index (Phi) is 13.0. The number of aromatic amines is 1. The summed E-state index contributed by atoms with van der Waals surface area (Å²) in [6.07, 6.45) is 5.54. The fourth-order valence-electron chi connectivity index (χ4n) is 5.38. The largest absolute Gasteiger partial charge is 0.463 e. The van der Waals surface area contributed by atoms with E-state index in [1.807, 2.05) is 39.8 Å². The number of hydrogen-bond donors (Lipinski definition) is 3. The monoisotopic (exact) mass is 653 g/mol. The quantitative estimate of drug-likeness (QED) is 0.172. The van der Waals surface area contributed by atoms with Crippen LogP contribution in [0.1, 0.15) is 90.7 Å². The van der Waals surface area contributed by atoms with Crippen LogP contribution in [0.25, 0.3) is 11.2 Å². The molecule has 13 heteroatoms. The number of piperidine rings is 1. The van der Waals surface area contributed by atoms with Crippen LogP contribution in [0.4, 0.5) is 15.4 Å². The summed E-state index contributed by atoms with van der Waals surface area (Å²) in [5.74, 6) is 0.721. The van der Waals surface area contributed by atoms with Gasteiger partial charge in [0.15, 0.2) is 11.5 Å². The van der Waals surface area contributed by atoms with E-state index < -0.39 is 11.7 Å². The number of likely N-dealkylation sites (tertiary alicyclic amines) is 1. The van der Waals surface area contributed by atoms with Crippen molar-refractivity contribution in [1.82, 2.24) is 29.7 Å². The number of nitrogens with zero attached hydrogens (tertiary/aromatic N) is 4. The normalized spacial score (nSPS) is 14.2. The van der Waals surface area contributed by atoms with Crippen molar-refractivity contribution in [3.63, 3.8) is 0 Å². The molecule has 4 rings (SSSR count). The van der Waals surface area contributed by atoms with Gasteiger partial charge in [-0.2, -0.15) is 9.97 Å². The number of ether oxygens (including phenoxy) is 3. The second-order valence-corrected chi connectivity index (χ2v) is 13.1. The number of imidazole rings is 1. The zero-order valence-corrected chi connectivity index (χ0v) is 28.5. The van der Waals surface area contributed by atoms with Crippen molar-refractivity contribution in [2.75, 3.05) is 38.2 Å². The topological polar surface area (TPSA) is 153 Å². The van der Waals surface area contributed by atoms with E-state index in [2.05, 4.69) is 49.5 Å². The number of rotatable bonds is 15. The van der Waals surface area contributed by atoms with E-state index in [1.165, 1.54) is 10.1 Å². The van der Waals surface area contributed by atoms with Crippen LogP contribution in [-0.4, -0.2) is 75.1 Å². The molecule has 1 saturated heterocycles. The van der Waals surface area contributed by atoms with Gasteiger partial charge in [0.25, 0.3) is 0 Å². The number of unbranched alkanes of at least 4 members (excludes halogenated alkanes) is 2. The number of aromatic nitrogens is 4. The van der Waals surface area contributed by atoms with Gasteiger partial charge in [-0.3, -0.25) is 14.8 Å². The fourth-order valence-corrected chi connectivity index (χ4v) is 5.38. The molecule has 0 unspecified atom stereocenters. The second-order valence-electron chi connectivity index (χ2n) is 13.1. The second kappa shape index (κ2) is 17.1. The summed E-state index contributed by atoms with van der Waals surface area (Å²) in [5.41, 5.74) is 1.94. The van der Waals surface area contributed by atoms with Crippen LogP contribution in [0.15, 0.2) is 29.1 Å². The molecule has 3 heterocycles. The van der Waals surface area contributed by atoms with Crippen LogP contribution in [0, 0.1) is 5.92 Å². The number of nitrogens with one attached hydrogen (secondary N) is 3. The zero-order valence-electron chi connectivity index (χ0n) is 28.5. The fraction of sp³-hybridized carbons (Fsp3) is 0.618. The maximum atomic E-state index is 13.1. The van der Waals surface area contributed by atoms with Gasteiger partial charge in [-0.15, -0.1) is 0 Å². The summed E-state index contributed by atoms with van der Waals surface area (Å²) >= 11 is 0. The molecule has 13 nitrogen and oxygen atoms in total. The van der Waals surface area contributed by atoms with Crippen molar-refractivity contribution >= 4 is 29.2 Å². The third-order valence-corrected chi connectivity index (χ3v) is 7.98. The van der Waals surface area contributed by atoms with Crippen LogP contribution in [0.2, 0.25) is 0 Å². The van der Waals surface area contributed by atoms with Crippen molar-refractivity contribution in [3.8, 4) is 6.01 Å². The lowest BCUT2D eigenvalue weighted by Gasteiger charge is -2.32. The Bertz CT molecular complexity index is 1500. The molecule has 1 aromatic carbocycles. The van der Waals surface area contributed by atoms with Crippen LogP contribution < -0.4 is 21.1 Å². The molecular weight excluding hydrogens is 602 g/mol. The highest BCUT2D eigenvalue weighted by molar-refractivity contribution is 5.93. The van der Waals surface area contributed by atoms with Crippen molar-refractivity contribution in [2.24, 2.45) is 5.92 Å². The summed E-state index contributed by atoms with van der Waals surface area (Å²) in [6.45, 7) is 14.1. The van der Waals surface area contributed by atoms with Gasteiger partial charge < -0.3 is 24.5 Å². The molecule has 3 N–H and O–H groups in total. The molecular formula is C34H51N7O6. The van der Waals surface area contributed by atoms with E-state index in [4.69, 9.17) is 14.2 Å². The lowest BCUT2D eigenvalue weighted by atomic mass is 9.93. The highest BCUT2D eigenvalue weighted by atomic mass is 16.6. The van der Waals surface area contributed by atoms with E-state index in [0.29, 0.717) is 30.2 Å². The first kappa shape index (κ1) is 35.7. The van der Waals surface area contributed by atoms with E-state index in [1.54, 1.807) is 0 Å². The Morgan fingerprint density at radius 3 is 2.28 bits per heavy atom. The first-order chi connectivity index (χ1) is 22.5. The molecule has 2 aromatic heterocycles. The number of alkyl carbamates (subject to hydrolysis) is 1. The number of H-pyrrole nitrogens is 1. The van der Waals surface area contributed by atoms with Gasteiger partial charge in [0.1, 0.15) is 11.1 Å². The van der Waals surface area contributed by atoms with E-state index in [0.717, 1.165) is 70.1 Å². The van der Waals surface area contributed by atoms with E-state index in [9.17, 15) is 14.4 Å². The first-order valence-electron chi connectivity index (χ1n) is 16.9. The van der Waals surface area contributed by atoms with Gasteiger partial charge in [-0.05, 0) is 83.0 Å². The van der Waals surface area contributed by atoms with Crippen molar-refractivity contribution in [1.29, 1.82) is 0 Å². The Hall–Kier alpha value is -4.13. The van der Waals surface area contributed by atoms with Crippen molar-refractivity contribution in [2.45, 2.75) is 98.3 Å². The maximum absolute atomic E-state index is 13.1. The van der Waals surface area contributed by atoms with Crippen LogP contribution in [0.3, 0.4) is 0 Å². The molecule has 1 aliphatic rings. The Morgan fingerprint density at radius 1 is 0.957 bits per heavy atom. The van der Waals surface area contributed by atoms with Gasteiger partial charge in [0.2, 0.25) is 0 Å². The lowest BCUT2D eigenvalue weighted by Crippen LogP contribution is -2.36. The average molecular weight is 654 g/mol. The molecule has 0 spiro atoms. The molecule has 0 aliphatic carbocycles. The predicted molar refractivity (Wildman–Crippen MR) is 181 cm³/mol. The van der Waals surface area contributed by atoms with Crippen molar-refractivity contribution in [3.05, 3.63) is 45.9 Å². The minimum Gasteiger partial charge on any atom is -0.463 e. The standard InChI is InChI=1S/C34H51N7O6/c1-6-8-20-45-30-37-28(38-33(44)46-21-9-7-2)27-29(39-30)41(31(42)36-27)23-26-12-10-25(11-13-26)22-40-18-15-24(16-19-40)14-17-35-32(43)47-34(3,4)5/h10-13,24H,6-9,14-23H2,1-5H3,(H,35,43)(H,36,42)(H,37,38,39,44). The maximum Gasteiger partial charge on any atom is 0.412 e. The van der Waals surface area contributed by atoms with Crippen LogP contribution in [0.5, 0.6) is 6.01 Å². The van der Waals surface area contributed by atoms with Gasteiger partial charge in [-0.1, -0.05) is 51.0 Å². The Labute approximate surface area is 276 Å². The number of carbonyl (C=O) groups excluding carboxylic acids is 2. The number of carbonyl (C=O) groups is 2. The third-order valence-electron chi connectivity index (χ3n) is 7.98. The van der Waals surface area contributed by atoms with Crippen LogP contribution >= 0.6 is 0 Å². The highest BCUT2D eigenvalue weighted by Gasteiger charge is 2.22. The summed E-state index contributed by atoms with van der Waals surface area (Å²) < 4.78 is 17.8. The summed E-state index contributed by atoms with van der Waals surface area (Å²) in [6, 6.07) is 8.33. The minimum absolute atomic E-state index is 0.0842. The SMILES string of the molecule is CCCCOC(=O)Nc1nc(OCCCC)nc2c1[nH]c(=O)n2Cc1ccc(CN2CCC(CCNC(=O)OC(C)(C)C)CC2)cc1. The smallest absolute Gasteiger partial charge is 0.412 e. The van der Waals surface area contributed by atoms with Gasteiger partial charge in [0, 0.05) is 13.1 Å². The van der Waals surface area contributed by atoms with Gasteiger partial charge in [-0.25, -0.2) is 14.4 Å². The van der Waals surface area contributed by atoms with Crippen molar-refractivity contribution < 1.29 is 23.8 Å². The number of anilines is 1. The molecule has 47 heavy (non-hydrogen) atoms. The number of hydrogen-bond acceptors (Lipinski definition) is 9. The summed E-state index contributed by atoms with van der Waals surface area (Å²) in [4.78, 5) is 51.5. The molecule has 3 aromatic rings. The molecule has 2 amide bonds. The van der Waals surface area contributed by atoms with E-state index >= 15 is 0 Å². The summed E-state index contributed by atoms with van der Waals surface area (Å²) in [7, 11) is 0. The Morgan fingerprint density at radius 2 is 1.62 bits per heavy atom. The lowest BCUT2D eigenvalue weighted by molar-refractivity contribution is 0.0522. The summed E-state index contributed by atoms with van der Waals surface area (Å²) in [5, 5.41) is 5.52.